The van der Waals surface area contributed by atoms with Gasteiger partial charge in [0, 0.05) is 5.92 Å². The van der Waals surface area contributed by atoms with Crippen LogP contribution in [0, 0.1) is 26.7 Å². The Morgan fingerprint density at radius 2 is 1.76 bits per heavy atom. The Kier molecular flexibility index (Phi) is 3.66. The normalized spacial score (nSPS) is 21.0. The molecule has 3 heteroatoms. The first-order chi connectivity index (χ1) is 10.0. The summed E-state index contributed by atoms with van der Waals surface area (Å²) in [6.07, 6.45) is 6.45. The van der Waals surface area contributed by atoms with Crippen LogP contribution in [-0.2, 0) is 9.53 Å². The molecule has 1 saturated carbocycles. The van der Waals surface area contributed by atoms with Gasteiger partial charge in [-0.2, -0.15) is 0 Å². The Bertz CT molecular complexity index is 626. The molecule has 0 saturated heterocycles. The highest BCUT2D eigenvalue weighted by atomic mass is 16.6. The molecule has 1 aromatic rings. The standard InChI is InChI=1S/C18H21NO2/c1-11-8-12(2)15(13(3)9-11)10-16-18(20)21-17(19-16)14-6-4-5-7-14/h8-10,14H,4-7H2,1-3H3/b16-10-. The van der Waals surface area contributed by atoms with Crippen molar-refractivity contribution >= 4 is 17.9 Å². The van der Waals surface area contributed by atoms with Crippen LogP contribution in [0.25, 0.3) is 6.08 Å². The second-order valence-corrected chi connectivity index (χ2v) is 6.16. The molecule has 0 N–H and O–H groups in total. The molecule has 0 unspecified atom stereocenters. The Morgan fingerprint density at radius 1 is 1.14 bits per heavy atom. The molecule has 2 aliphatic rings. The predicted octanol–water partition coefficient (Wildman–Crippen LogP) is 4.10. The smallest absolute Gasteiger partial charge is 0.363 e. The van der Waals surface area contributed by atoms with E-state index in [1.807, 2.05) is 6.08 Å². The summed E-state index contributed by atoms with van der Waals surface area (Å²) < 4.78 is 5.38. The summed E-state index contributed by atoms with van der Waals surface area (Å²) in [6.45, 7) is 6.21. The number of benzene rings is 1. The molecular weight excluding hydrogens is 262 g/mol. The molecule has 1 fully saturated rings. The van der Waals surface area contributed by atoms with E-state index in [2.05, 4.69) is 37.9 Å². The number of cyclic esters (lactones) is 1. The second kappa shape index (κ2) is 5.47. The largest absolute Gasteiger partial charge is 0.406 e. The fraction of sp³-hybridized carbons (Fsp3) is 0.444. The van der Waals surface area contributed by atoms with Gasteiger partial charge in [0.05, 0.1) is 0 Å². The highest BCUT2D eigenvalue weighted by Gasteiger charge is 2.31. The van der Waals surface area contributed by atoms with Crippen molar-refractivity contribution in [2.45, 2.75) is 46.5 Å². The highest BCUT2D eigenvalue weighted by molar-refractivity contribution is 6.08. The van der Waals surface area contributed by atoms with Gasteiger partial charge in [-0.1, -0.05) is 30.5 Å². The first-order valence-corrected chi connectivity index (χ1v) is 7.65. The predicted molar refractivity (Wildman–Crippen MR) is 84.1 cm³/mol. The third-order valence-corrected chi connectivity index (χ3v) is 4.36. The average molecular weight is 283 g/mol. The van der Waals surface area contributed by atoms with E-state index in [4.69, 9.17) is 4.74 Å². The van der Waals surface area contributed by atoms with Gasteiger partial charge in [0.25, 0.3) is 0 Å². The van der Waals surface area contributed by atoms with Crippen LogP contribution >= 0.6 is 0 Å². The quantitative estimate of drug-likeness (QED) is 0.605. The van der Waals surface area contributed by atoms with Crippen LogP contribution in [0.1, 0.15) is 47.9 Å². The third-order valence-electron chi connectivity index (χ3n) is 4.36. The SMILES string of the molecule is Cc1cc(C)c(/C=C2\N=C(C3CCCC3)OC2=O)c(C)c1. The Balaban J connectivity index is 1.94. The molecule has 1 aliphatic carbocycles. The van der Waals surface area contributed by atoms with Crippen LogP contribution in [0.4, 0.5) is 0 Å². The molecule has 0 atom stereocenters. The van der Waals surface area contributed by atoms with Gasteiger partial charge in [-0.15, -0.1) is 0 Å². The van der Waals surface area contributed by atoms with E-state index in [0.717, 1.165) is 29.5 Å². The number of ether oxygens (including phenoxy) is 1. The van der Waals surface area contributed by atoms with Crippen molar-refractivity contribution in [3.05, 3.63) is 40.1 Å². The van der Waals surface area contributed by atoms with Gasteiger partial charge in [-0.05, 0) is 56.4 Å². The summed E-state index contributed by atoms with van der Waals surface area (Å²) in [4.78, 5) is 16.5. The third kappa shape index (κ3) is 2.78. The Labute approximate surface area is 125 Å². The second-order valence-electron chi connectivity index (χ2n) is 6.16. The van der Waals surface area contributed by atoms with Crippen molar-refractivity contribution in [1.82, 2.24) is 0 Å². The maximum atomic E-state index is 12.0. The van der Waals surface area contributed by atoms with E-state index in [0.29, 0.717) is 17.5 Å². The van der Waals surface area contributed by atoms with E-state index in [1.54, 1.807) is 0 Å². The monoisotopic (exact) mass is 283 g/mol. The van der Waals surface area contributed by atoms with Crippen molar-refractivity contribution in [2.24, 2.45) is 10.9 Å². The number of aliphatic imine (C=N–C) groups is 1. The zero-order valence-corrected chi connectivity index (χ0v) is 12.9. The minimum atomic E-state index is -0.309. The van der Waals surface area contributed by atoms with Crippen LogP contribution < -0.4 is 0 Å². The summed E-state index contributed by atoms with van der Waals surface area (Å²) in [7, 11) is 0. The molecular formula is C18H21NO2. The van der Waals surface area contributed by atoms with Crippen molar-refractivity contribution < 1.29 is 9.53 Å². The lowest BCUT2D eigenvalue weighted by atomic mass is 9.99. The van der Waals surface area contributed by atoms with Crippen LogP contribution in [0.3, 0.4) is 0 Å². The fourth-order valence-electron chi connectivity index (χ4n) is 3.33. The molecule has 1 heterocycles. The van der Waals surface area contributed by atoms with Gasteiger partial charge in [0.1, 0.15) is 0 Å². The summed E-state index contributed by atoms with van der Waals surface area (Å²) >= 11 is 0. The summed E-state index contributed by atoms with van der Waals surface area (Å²) in [5, 5.41) is 0. The van der Waals surface area contributed by atoms with Crippen molar-refractivity contribution in [1.29, 1.82) is 0 Å². The first-order valence-electron chi connectivity index (χ1n) is 7.65. The topological polar surface area (TPSA) is 38.7 Å². The molecule has 1 aromatic carbocycles. The van der Waals surface area contributed by atoms with E-state index < -0.39 is 0 Å². The number of esters is 1. The van der Waals surface area contributed by atoms with E-state index in [-0.39, 0.29) is 5.97 Å². The molecule has 0 bridgehead atoms. The van der Waals surface area contributed by atoms with Crippen LogP contribution in [0.15, 0.2) is 22.8 Å². The van der Waals surface area contributed by atoms with Crippen LogP contribution in [-0.4, -0.2) is 11.9 Å². The molecule has 3 nitrogen and oxygen atoms in total. The van der Waals surface area contributed by atoms with Crippen molar-refractivity contribution in [3.63, 3.8) is 0 Å². The Hall–Kier alpha value is -1.90. The van der Waals surface area contributed by atoms with E-state index >= 15 is 0 Å². The van der Waals surface area contributed by atoms with Crippen LogP contribution in [0.5, 0.6) is 0 Å². The Morgan fingerprint density at radius 3 is 2.38 bits per heavy atom. The van der Waals surface area contributed by atoms with Gasteiger partial charge in [0.15, 0.2) is 5.70 Å². The molecule has 3 rings (SSSR count). The lowest BCUT2D eigenvalue weighted by Crippen LogP contribution is -2.12. The van der Waals surface area contributed by atoms with Gasteiger partial charge in [0.2, 0.25) is 5.90 Å². The summed E-state index contributed by atoms with van der Waals surface area (Å²) in [6, 6.07) is 4.25. The van der Waals surface area contributed by atoms with Crippen molar-refractivity contribution in [2.75, 3.05) is 0 Å². The summed E-state index contributed by atoms with van der Waals surface area (Å²) in [5.74, 6) is 0.655. The lowest BCUT2D eigenvalue weighted by Gasteiger charge is -2.07. The van der Waals surface area contributed by atoms with E-state index in [9.17, 15) is 4.79 Å². The number of aryl methyl sites for hydroxylation is 3. The van der Waals surface area contributed by atoms with Gasteiger partial charge < -0.3 is 4.74 Å². The van der Waals surface area contributed by atoms with E-state index in [1.165, 1.54) is 18.4 Å². The molecule has 0 amide bonds. The molecule has 0 spiro atoms. The van der Waals surface area contributed by atoms with Gasteiger partial charge in [-0.3, -0.25) is 0 Å². The highest BCUT2D eigenvalue weighted by Crippen LogP contribution is 2.30. The maximum Gasteiger partial charge on any atom is 0.363 e. The fourth-order valence-corrected chi connectivity index (χ4v) is 3.33. The van der Waals surface area contributed by atoms with Crippen LogP contribution in [0.2, 0.25) is 0 Å². The molecule has 0 aromatic heterocycles. The summed E-state index contributed by atoms with van der Waals surface area (Å²) in [5.41, 5.74) is 5.07. The van der Waals surface area contributed by atoms with Gasteiger partial charge >= 0.3 is 5.97 Å². The maximum absolute atomic E-state index is 12.0. The average Bonchev–Trinajstić information content (AvgIpc) is 3.03. The van der Waals surface area contributed by atoms with Gasteiger partial charge in [-0.25, -0.2) is 9.79 Å². The number of carbonyl (C=O) groups excluding carboxylic acids is 1. The van der Waals surface area contributed by atoms with Crippen molar-refractivity contribution in [3.8, 4) is 0 Å². The lowest BCUT2D eigenvalue weighted by molar-refractivity contribution is -0.130. The minimum absolute atomic E-state index is 0.309. The number of rotatable bonds is 2. The number of hydrogen-bond donors (Lipinski definition) is 0. The minimum Gasteiger partial charge on any atom is -0.406 e. The number of nitrogens with zero attached hydrogens (tertiary/aromatic N) is 1. The zero-order valence-electron chi connectivity index (χ0n) is 12.9. The zero-order chi connectivity index (χ0) is 15.0. The molecule has 110 valence electrons. The molecule has 1 aliphatic heterocycles. The number of carbonyl (C=O) groups is 1. The number of hydrogen-bond acceptors (Lipinski definition) is 3. The molecule has 21 heavy (non-hydrogen) atoms. The molecule has 0 radical (unpaired) electrons. The first kappa shape index (κ1) is 14.1.